The van der Waals surface area contributed by atoms with Crippen molar-refractivity contribution in [1.29, 1.82) is 0 Å². The van der Waals surface area contributed by atoms with Crippen LogP contribution in [0.3, 0.4) is 0 Å². The molecule has 0 saturated carbocycles. The molecule has 1 aliphatic heterocycles. The van der Waals surface area contributed by atoms with Crippen LogP contribution in [0.4, 0.5) is 0 Å². The molecule has 1 unspecified atom stereocenters. The zero-order valence-electron chi connectivity index (χ0n) is 13.2. The molecule has 0 aromatic heterocycles. The highest BCUT2D eigenvalue weighted by Crippen LogP contribution is 2.18. The molecule has 1 rings (SSSR count). The maximum atomic E-state index is 11.3. The van der Waals surface area contributed by atoms with Gasteiger partial charge < -0.3 is 9.47 Å². The molecule has 1 fully saturated rings. The van der Waals surface area contributed by atoms with Crippen LogP contribution in [0, 0.1) is 0 Å². The Labute approximate surface area is 124 Å². The molecular weight excluding hydrogens is 252 g/mol. The third kappa shape index (κ3) is 11.3. The average molecular weight is 284 g/mol. The Morgan fingerprint density at radius 3 is 2.10 bits per heavy atom. The Morgan fingerprint density at radius 2 is 1.55 bits per heavy atom. The van der Waals surface area contributed by atoms with Crippen molar-refractivity contribution >= 4 is 5.97 Å². The maximum Gasteiger partial charge on any atom is 0.305 e. The van der Waals surface area contributed by atoms with Crippen molar-refractivity contribution in [3.05, 3.63) is 0 Å². The van der Waals surface area contributed by atoms with E-state index in [0.29, 0.717) is 19.1 Å². The fourth-order valence-electron chi connectivity index (χ4n) is 2.40. The van der Waals surface area contributed by atoms with E-state index < -0.39 is 0 Å². The molecule has 20 heavy (non-hydrogen) atoms. The number of hydrogen-bond acceptors (Lipinski definition) is 3. The molecule has 118 valence electrons. The van der Waals surface area contributed by atoms with Gasteiger partial charge in [-0.2, -0.15) is 0 Å². The number of unbranched alkanes of at least 4 members (excludes halogenated alkanes) is 8. The van der Waals surface area contributed by atoms with Crippen molar-refractivity contribution in [3.63, 3.8) is 0 Å². The standard InChI is InChI=1S/C17H32O3/c1-2-14-19-17(18)13-11-9-7-5-3-4-6-8-10-12-16-15-20-16/h16H,2-15H2,1H3. The summed E-state index contributed by atoms with van der Waals surface area (Å²) < 4.78 is 10.2. The average Bonchev–Trinajstić information content (AvgIpc) is 3.26. The smallest absolute Gasteiger partial charge is 0.305 e. The van der Waals surface area contributed by atoms with Crippen molar-refractivity contribution in [2.75, 3.05) is 13.2 Å². The second-order valence-corrected chi connectivity index (χ2v) is 5.90. The van der Waals surface area contributed by atoms with Crippen molar-refractivity contribution in [3.8, 4) is 0 Å². The van der Waals surface area contributed by atoms with Gasteiger partial charge in [0, 0.05) is 6.42 Å². The summed E-state index contributed by atoms with van der Waals surface area (Å²) in [6, 6.07) is 0. The molecule has 1 atom stereocenters. The van der Waals surface area contributed by atoms with Gasteiger partial charge in [0.15, 0.2) is 0 Å². The van der Waals surface area contributed by atoms with Crippen molar-refractivity contribution in [2.24, 2.45) is 0 Å². The van der Waals surface area contributed by atoms with E-state index in [4.69, 9.17) is 9.47 Å². The lowest BCUT2D eigenvalue weighted by molar-refractivity contribution is -0.143. The van der Waals surface area contributed by atoms with Crippen LogP contribution in [-0.2, 0) is 14.3 Å². The highest BCUT2D eigenvalue weighted by Gasteiger charge is 2.20. The first-order valence-electron chi connectivity index (χ1n) is 8.60. The Morgan fingerprint density at radius 1 is 1.00 bits per heavy atom. The zero-order chi connectivity index (χ0) is 14.5. The molecule has 0 aromatic rings. The Balaban J connectivity index is 1.68. The summed E-state index contributed by atoms with van der Waals surface area (Å²) in [6.45, 7) is 3.60. The van der Waals surface area contributed by atoms with Crippen LogP contribution in [0.15, 0.2) is 0 Å². The minimum absolute atomic E-state index is 0.0218. The van der Waals surface area contributed by atoms with E-state index in [1.165, 1.54) is 57.8 Å². The molecule has 0 spiro atoms. The molecule has 0 aromatic carbocycles. The number of rotatable bonds is 14. The first-order valence-corrected chi connectivity index (χ1v) is 8.60. The molecule has 1 heterocycles. The molecule has 1 saturated heterocycles. The second-order valence-electron chi connectivity index (χ2n) is 5.90. The fourth-order valence-corrected chi connectivity index (χ4v) is 2.40. The van der Waals surface area contributed by atoms with Gasteiger partial charge in [0.1, 0.15) is 0 Å². The summed E-state index contributed by atoms with van der Waals surface area (Å²) in [7, 11) is 0. The minimum Gasteiger partial charge on any atom is -0.466 e. The van der Waals surface area contributed by atoms with Gasteiger partial charge in [-0.1, -0.05) is 58.3 Å². The summed E-state index contributed by atoms with van der Waals surface area (Å²) in [5.41, 5.74) is 0. The number of esters is 1. The lowest BCUT2D eigenvalue weighted by Gasteiger charge is -2.03. The van der Waals surface area contributed by atoms with Gasteiger partial charge >= 0.3 is 5.97 Å². The summed E-state index contributed by atoms with van der Waals surface area (Å²) in [5, 5.41) is 0. The van der Waals surface area contributed by atoms with Gasteiger partial charge in [0.25, 0.3) is 0 Å². The zero-order valence-corrected chi connectivity index (χ0v) is 13.2. The molecule has 1 aliphatic rings. The van der Waals surface area contributed by atoms with E-state index in [0.717, 1.165) is 19.4 Å². The van der Waals surface area contributed by atoms with Crippen LogP contribution in [0.5, 0.6) is 0 Å². The van der Waals surface area contributed by atoms with E-state index in [2.05, 4.69) is 0 Å². The summed E-state index contributed by atoms with van der Waals surface area (Å²) in [6.07, 6.45) is 14.9. The van der Waals surface area contributed by atoms with E-state index in [9.17, 15) is 4.79 Å². The predicted molar refractivity (Wildman–Crippen MR) is 81.8 cm³/mol. The van der Waals surface area contributed by atoms with Crippen molar-refractivity contribution < 1.29 is 14.3 Å². The van der Waals surface area contributed by atoms with E-state index in [1.54, 1.807) is 0 Å². The molecular formula is C17H32O3. The minimum atomic E-state index is -0.0218. The summed E-state index contributed by atoms with van der Waals surface area (Å²) >= 11 is 0. The molecule has 0 N–H and O–H groups in total. The lowest BCUT2D eigenvalue weighted by Crippen LogP contribution is -2.04. The molecule has 0 bridgehead atoms. The predicted octanol–water partition coefficient (Wildman–Crippen LogP) is 4.63. The number of epoxide rings is 1. The topological polar surface area (TPSA) is 38.8 Å². The highest BCUT2D eigenvalue weighted by atomic mass is 16.6. The van der Waals surface area contributed by atoms with Crippen LogP contribution in [0.2, 0.25) is 0 Å². The third-order valence-electron chi connectivity index (χ3n) is 3.78. The van der Waals surface area contributed by atoms with Crippen LogP contribution < -0.4 is 0 Å². The van der Waals surface area contributed by atoms with Crippen molar-refractivity contribution in [2.45, 2.75) is 90.1 Å². The Bertz CT molecular complexity index is 236. The molecule has 3 heteroatoms. The van der Waals surface area contributed by atoms with Gasteiger partial charge in [0.05, 0.1) is 19.3 Å². The fraction of sp³-hybridized carbons (Fsp3) is 0.941. The first kappa shape index (κ1) is 17.5. The molecule has 0 aliphatic carbocycles. The monoisotopic (exact) mass is 284 g/mol. The van der Waals surface area contributed by atoms with Crippen LogP contribution in [-0.4, -0.2) is 25.3 Å². The largest absolute Gasteiger partial charge is 0.466 e. The van der Waals surface area contributed by atoms with E-state index in [-0.39, 0.29) is 5.97 Å². The summed E-state index contributed by atoms with van der Waals surface area (Å²) in [5.74, 6) is -0.0218. The Kier molecular flexibility index (Phi) is 10.7. The normalized spacial score (nSPS) is 17.1. The molecule has 3 nitrogen and oxygen atoms in total. The summed E-state index contributed by atoms with van der Waals surface area (Å²) in [4.78, 5) is 11.3. The maximum absolute atomic E-state index is 11.3. The van der Waals surface area contributed by atoms with Crippen LogP contribution >= 0.6 is 0 Å². The second kappa shape index (κ2) is 12.2. The lowest BCUT2D eigenvalue weighted by atomic mass is 10.1. The van der Waals surface area contributed by atoms with E-state index in [1.807, 2.05) is 6.92 Å². The van der Waals surface area contributed by atoms with Gasteiger partial charge in [-0.05, 0) is 19.3 Å². The van der Waals surface area contributed by atoms with Crippen LogP contribution in [0.25, 0.3) is 0 Å². The van der Waals surface area contributed by atoms with Gasteiger partial charge in [-0.3, -0.25) is 4.79 Å². The van der Waals surface area contributed by atoms with Crippen molar-refractivity contribution in [1.82, 2.24) is 0 Å². The number of ether oxygens (including phenoxy) is 2. The van der Waals surface area contributed by atoms with Gasteiger partial charge in [-0.25, -0.2) is 0 Å². The van der Waals surface area contributed by atoms with E-state index >= 15 is 0 Å². The highest BCUT2D eigenvalue weighted by molar-refractivity contribution is 5.69. The Hall–Kier alpha value is -0.570. The number of carbonyl (C=O) groups is 1. The molecule has 0 amide bonds. The number of hydrogen-bond donors (Lipinski definition) is 0. The quantitative estimate of drug-likeness (QED) is 0.265. The van der Waals surface area contributed by atoms with Crippen LogP contribution in [0.1, 0.15) is 84.0 Å². The SMILES string of the molecule is CCCOC(=O)CCCCCCCCCCCC1CO1. The third-order valence-corrected chi connectivity index (χ3v) is 3.78. The van der Waals surface area contributed by atoms with Gasteiger partial charge in [-0.15, -0.1) is 0 Å². The number of carbonyl (C=O) groups excluding carboxylic acids is 1. The van der Waals surface area contributed by atoms with Gasteiger partial charge in [0.2, 0.25) is 0 Å². The first-order chi connectivity index (χ1) is 9.83. The molecule has 0 radical (unpaired) electrons.